The molecule has 5 heteroatoms. The molecule has 4 rings (SSSR count). The highest BCUT2D eigenvalue weighted by molar-refractivity contribution is 8.00. The van der Waals surface area contributed by atoms with Gasteiger partial charge in [-0.2, -0.15) is 0 Å². The van der Waals surface area contributed by atoms with Crippen molar-refractivity contribution in [3.63, 3.8) is 0 Å². The molecule has 1 unspecified atom stereocenters. The van der Waals surface area contributed by atoms with Crippen molar-refractivity contribution in [2.45, 2.75) is 56.6 Å². The molecule has 27 heavy (non-hydrogen) atoms. The van der Waals surface area contributed by atoms with Crippen LogP contribution in [0.5, 0.6) is 0 Å². The SMILES string of the molecule is CC(C)(C)c1nc2cc(NSc3ccccc3)ccc2n1CC1CCCO1. The van der Waals surface area contributed by atoms with Crippen molar-refractivity contribution in [1.29, 1.82) is 0 Å². The summed E-state index contributed by atoms with van der Waals surface area (Å²) >= 11 is 1.62. The van der Waals surface area contributed by atoms with E-state index >= 15 is 0 Å². The van der Waals surface area contributed by atoms with Gasteiger partial charge in [-0.3, -0.25) is 0 Å². The van der Waals surface area contributed by atoms with Gasteiger partial charge in [0, 0.05) is 22.6 Å². The second-order valence-electron chi connectivity index (χ2n) is 8.15. The van der Waals surface area contributed by atoms with Gasteiger partial charge in [-0.05, 0) is 55.1 Å². The number of imidazole rings is 1. The van der Waals surface area contributed by atoms with E-state index in [0.29, 0.717) is 6.10 Å². The number of benzene rings is 2. The summed E-state index contributed by atoms with van der Waals surface area (Å²) in [5, 5.41) is 0. The highest BCUT2D eigenvalue weighted by atomic mass is 32.2. The highest BCUT2D eigenvalue weighted by Gasteiger charge is 2.26. The van der Waals surface area contributed by atoms with Crippen LogP contribution in [0.15, 0.2) is 53.4 Å². The number of nitrogens with zero attached hydrogens (tertiary/aromatic N) is 2. The average Bonchev–Trinajstić information content (AvgIpc) is 3.29. The Morgan fingerprint density at radius 1 is 1.19 bits per heavy atom. The molecule has 1 aliphatic rings. The molecule has 0 spiro atoms. The van der Waals surface area contributed by atoms with Crippen LogP contribution in [0.3, 0.4) is 0 Å². The summed E-state index contributed by atoms with van der Waals surface area (Å²) in [5.41, 5.74) is 3.28. The first kappa shape index (κ1) is 18.4. The van der Waals surface area contributed by atoms with Gasteiger partial charge in [0.1, 0.15) is 5.82 Å². The third-order valence-corrected chi connectivity index (χ3v) is 5.70. The standard InChI is InChI=1S/C22H27N3OS/c1-22(2,3)21-23-19-14-16(24-27-18-9-5-4-6-10-18)11-12-20(19)25(21)15-17-8-7-13-26-17/h4-6,9-12,14,17,24H,7-8,13,15H2,1-3H3. The fraction of sp³-hybridized carbons (Fsp3) is 0.409. The van der Waals surface area contributed by atoms with E-state index in [4.69, 9.17) is 9.72 Å². The maximum Gasteiger partial charge on any atom is 0.115 e. The molecular formula is C22H27N3OS. The zero-order valence-corrected chi connectivity index (χ0v) is 17.1. The first-order valence-electron chi connectivity index (χ1n) is 9.61. The Hall–Kier alpha value is -1.98. The van der Waals surface area contributed by atoms with E-state index in [9.17, 15) is 0 Å². The summed E-state index contributed by atoms with van der Waals surface area (Å²) in [6.07, 6.45) is 2.60. The van der Waals surface area contributed by atoms with Crippen LogP contribution in [0.2, 0.25) is 0 Å². The van der Waals surface area contributed by atoms with Crippen LogP contribution in [0.1, 0.15) is 39.4 Å². The lowest BCUT2D eigenvalue weighted by molar-refractivity contribution is 0.0965. The molecule has 0 saturated carbocycles. The van der Waals surface area contributed by atoms with Crippen molar-refractivity contribution in [2.24, 2.45) is 0 Å². The quantitative estimate of drug-likeness (QED) is 0.581. The van der Waals surface area contributed by atoms with Crippen LogP contribution in [-0.2, 0) is 16.7 Å². The van der Waals surface area contributed by atoms with E-state index in [1.807, 2.05) is 6.07 Å². The lowest BCUT2D eigenvalue weighted by atomic mass is 9.95. The number of hydrogen-bond acceptors (Lipinski definition) is 4. The predicted molar refractivity (Wildman–Crippen MR) is 113 cm³/mol. The first-order valence-corrected chi connectivity index (χ1v) is 10.4. The maximum absolute atomic E-state index is 5.89. The van der Waals surface area contributed by atoms with Gasteiger partial charge in [0.15, 0.2) is 0 Å². The van der Waals surface area contributed by atoms with Crippen LogP contribution in [-0.4, -0.2) is 22.3 Å². The Balaban J connectivity index is 1.62. The number of hydrogen-bond donors (Lipinski definition) is 1. The van der Waals surface area contributed by atoms with Crippen molar-refractivity contribution in [2.75, 3.05) is 11.3 Å². The van der Waals surface area contributed by atoms with Gasteiger partial charge in [0.2, 0.25) is 0 Å². The molecule has 2 aromatic carbocycles. The van der Waals surface area contributed by atoms with E-state index < -0.39 is 0 Å². The summed E-state index contributed by atoms with van der Waals surface area (Å²) in [7, 11) is 0. The summed E-state index contributed by atoms with van der Waals surface area (Å²) in [6, 6.07) is 16.8. The Morgan fingerprint density at radius 3 is 2.70 bits per heavy atom. The summed E-state index contributed by atoms with van der Waals surface area (Å²) in [4.78, 5) is 6.19. The Kier molecular flexibility index (Phi) is 5.15. The van der Waals surface area contributed by atoms with Crippen LogP contribution >= 0.6 is 11.9 Å². The maximum atomic E-state index is 5.89. The second kappa shape index (κ2) is 7.56. The van der Waals surface area contributed by atoms with Gasteiger partial charge in [-0.25, -0.2) is 4.98 Å². The van der Waals surface area contributed by atoms with Crippen LogP contribution < -0.4 is 4.72 Å². The zero-order valence-electron chi connectivity index (χ0n) is 16.2. The molecule has 3 aromatic rings. The number of anilines is 1. The van der Waals surface area contributed by atoms with E-state index in [-0.39, 0.29) is 5.41 Å². The fourth-order valence-electron chi connectivity index (χ4n) is 3.55. The van der Waals surface area contributed by atoms with Crippen molar-refractivity contribution in [3.05, 3.63) is 54.4 Å². The summed E-state index contributed by atoms with van der Waals surface area (Å²) < 4.78 is 11.7. The second-order valence-corrected chi connectivity index (χ2v) is 9.03. The average molecular weight is 382 g/mol. The van der Waals surface area contributed by atoms with Gasteiger partial charge < -0.3 is 14.0 Å². The molecule has 1 saturated heterocycles. The van der Waals surface area contributed by atoms with Crippen molar-refractivity contribution in [3.8, 4) is 0 Å². The molecule has 1 aromatic heterocycles. The number of ether oxygens (including phenoxy) is 1. The minimum atomic E-state index is -0.00992. The fourth-order valence-corrected chi connectivity index (χ4v) is 4.20. The molecule has 0 amide bonds. The van der Waals surface area contributed by atoms with Gasteiger partial charge >= 0.3 is 0 Å². The van der Waals surface area contributed by atoms with E-state index in [1.54, 1.807) is 11.9 Å². The minimum absolute atomic E-state index is 0.00992. The first-order chi connectivity index (χ1) is 13.0. The summed E-state index contributed by atoms with van der Waals surface area (Å²) in [5.74, 6) is 1.13. The van der Waals surface area contributed by atoms with Crippen molar-refractivity contribution in [1.82, 2.24) is 9.55 Å². The van der Waals surface area contributed by atoms with Gasteiger partial charge in [-0.1, -0.05) is 39.0 Å². The molecule has 0 bridgehead atoms. The third kappa shape index (κ3) is 4.14. The Labute approximate surface area is 165 Å². The molecule has 0 radical (unpaired) electrons. The number of nitrogens with one attached hydrogen (secondary N) is 1. The van der Waals surface area contributed by atoms with E-state index in [1.165, 1.54) is 10.4 Å². The van der Waals surface area contributed by atoms with Crippen molar-refractivity contribution < 1.29 is 4.74 Å². The number of rotatable bonds is 5. The number of aromatic nitrogens is 2. The van der Waals surface area contributed by atoms with Crippen LogP contribution in [0.25, 0.3) is 11.0 Å². The van der Waals surface area contributed by atoms with Gasteiger partial charge in [0.05, 0.1) is 23.7 Å². The summed E-state index contributed by atoms with van der Waals surface area (Å²) in [6.45, 7) is 8.45. The van der Waals surface area contributed by atoms with Crippen LogP contribution in [0, 0.1) is 0 Å². The topological polar surface area (TPSA) is 39.1 Å². The smallest absolute Gasteiger partial charge is 0.115 e. The monoisotopic (exact) mass is 381 g/mol. The van der Waals surface area contributed by atoms with E-state index in [0.717, 1.165) is 43.0 Å². The largest absolute Gasteiger partial charge is 0.376 e. The van der Waals surface area contributed by atoms with Crippen molar-refractivity contribution >= 4 is 28.7 Å². The highest BCUT2D eigenvalue weighted by Crippen LogP contribution is 2.30. The lowest BCUT2D eigenvalue weighted by Crippen LogP contribution is -2.23. The van der Waals surface area contributed by atoms with Gasteiger partial charge in [0.25, 0.3) is 0 Å². The predicted octanol–water partition coefficient (Wildman–Crippen LogP) is 5.63. The molecule has 1 fully saturated rings. The molecule has 142 valence electrons. The molecule has 1 N–H and O–H groups in total. The molecular weight excluding hydrogens is 354 g/mol. The minimum Gasteiger partial charge on any atom is -0.376 e. The Morgan fingerprint density at radius 2 is 2.00 bits per heavy atom. The van der Waals surface area contributed by atoms with Crippen LogP contribution in [0.4, 0.5) is 5.69 Å². The normalized spacial score (nSPS) is 17.5. The molecule has 2 heterocycles. The zero-order chi connectivity index (χ0) is 18.9. The lowest BCUT2D eigenvalue weighted by Gasteiger charge is -2.22. The van der Waals surface area contributed by atoms with Gasteiger partial charge in [-0.15, -0.1) is 0 Å². The molecule has 4 nitrogen and oxygen atoms in total. The number of fused-ring (bicyclic) bond motifs is 1. The van der Waals surface area contributed by atoms with E-state index in [2.05, 4.69) is 72.5 Å². The molecule has 1 atom stereocenters. The third-order valence-electron chi connectivity index (χ3n) is 4.86. The molecule has 0 aliphatic carbocycles. The Bertz CT molecular complexity index is 908. The molecule has 1 aliphatic heterocycles.